The summed E-state index contributed by atoms with van der Waals surface area (Å²) < 4.78 is 35.6. The smallest absolute Gasteiger partial charge is 0.450 e. The third-order valence-corrected chi connectivity index (χ3v) is 12.8. The highest BCUT2D eigenvalue weighted by molar-refractivity contribution is 5.60. The van der Waals surface area contributed by atoms with Crippen molar-refractivity contribution in [3.05, 3.63) is 35.9 Å². The fourth-order valence-electron chi connectivity index (χ4n) is 8.76. The van der Waals surface area contributed by atoms with E-state index in [9.17, 15) is 14.7 Å². The van der Waals surface area contributed by atoms with Gasteiger partial charge in [0.05, 0.1) is 26.4 Å². The number of benzene rings is 1. The summed E-state index contributed by atoms with van der Waals surface area (Å²) in [5, 5.41) is 9.75. The third kappa shape index (κ3) is 38.3. The van der Waals surface area contributed by atoms with Crippen molar-refractivity contribution in [2.45, 2.75) is 277 Å². The first-order valence-corrected chi connectivity index (χ1v) is 27.4. The molecular weight excluding hydrogens is 817 g/mol. The summed E-state index contributed by atoms with van der Waals surface area (Å²) in [6, 6.07) is 10.2. The van der Waals surface area contributed by atoms with Gasteiger partial charge in [0.25, 0.3) is 0 Å². The van der Waals surface area contributed by atoms with Crippen molar-refractivity contribution in [3.8, 4) is 0 Å². The minimum Gasteiger partial charge on any atom is -0.450 e. The monoisotopic (exact) mass is 919 g/mol. The summed E-state index contributed by atoms with van der Waals surface area (Å²) in [4.78, 5) is 24.5. The lowest BCUT2D eigenvalue weighted by molar-refractivity contribution is -0.0646. The van der Waals surface area contributed by atoms with Crippen molar-refractivity contribution in [1.82, 2.24) is 0 Å². The van der Waals surface area contributed by atoms with Crippen molar-refractivity contribution < 1.29 is 43.1 Å². The molecule has 0 saturated carbocycles. The molecule has 0 aromatic heterocycles. The molecule has 3 atom stereocenters. The van der Waals surface area contributed by atoms with Crippen LogP contribution in [0.15, 0.2) is 30.3 Å². The largest absolute Gasteiger partial charge is 0.508 e. The quantitative estimate of drug-likeness (QED) is 0.0505. The van der Waals surface area contributed by atoms with Crippen molar-refractivity contribution >= 4 is 12.3 Å². The minimum absolute atomic E-state index is 0.0342. The SMILES string of the molecule is CCCCCCCCCC(CCCCCC)OC(=O)OCCCCCCOC(COCCCCCCC(CCCCCC)(CCCCCCCCC)OC(=O)O)COCc1ccccc1. The molecule has 0 amide bonds. The number of unbranched alkanes of at least 4 members (excludes halogenated alkanes) is 24. The van der Waals surface area contributed by atoms with E-state index in [0.29, 0.717) is 39.6 Å². The molecule has 0 bridgehead atoms. The number of carbonyl (C=O) groups excluding carboxylic acids is 1. The van der Waals surface area contributed by atoms with E-state index in [2.05, 4.69) is 39.8 Å². The molecule has 0 aliphatic carbocycles. The van der Waals surface area contributed by atoms with Crippen LogP contribution in [0.4, 0.5) is 9.59 Å². The maximum absolute atomic E-state index is 12.6. The first kappa shape index (κ1) is 60.7. The lowest BCUT2D eigenvalue weighted by Gasteiger charge is -2.33. The molecule has 65 heavy (non-hydrogen) atoms. The molecule has 0 aliphatic rings. The Bertz CT molecular complexity index is 1170. The van der Waals surface area contributed by atoms with Gasteiger partial charge in [-0.05, 0) is 95.5 Å². The zero-order chi connectivity index (χ0) is 47.2. The maximum Gasteiger partial charge on any atom is 0.508 e. The molecule has 9 nitrogen and oxygen atoms in total. The van der Waals surface area contributed by atoms with Crippen molar-refractivity contribution in [3.63, 3.8) is 0 Å². The molecule has 0 heterocycles. The molecule has 1 aromatic rings. The fourth-order valence-corrected chi connectivity index (χ4v) is 8.76. The molecule has 3 unspecified atom stereocenters. The predicted octanol–water partition coefficient (Wildman–Crippen LogP) is 17.3. The first-order chi connectivity index (χ1) is 31.9. The predicted molar refractivity (Wildman–Crippen MR) is 269 cm³/mol. The first-order valence-electron chi connectivity index (χ1n) is 27.4. The molecule has 1 rings (SSSR count). The zero-order valence-electron chi connectivity index (χ0n) is 42.7. The van der Waals surface area contributed by atoms with Crippen molar-refractivity contribution in [1.29, 1.82) is 0 Å². The van der Waals surface area contributed by atoms with Crippen LogP contribution in [0, 0.1) is 0 Å². The van der Waals surface area contributed by atoms with Crippen LogP contribution < -0.4 is 0 Å². The Balaban J connectivity index is 2.46. The second-order valence-electron chi connectivity index (χ2n) is 19.0. The summed E-state index contributed by atoms with van der Waals surface area (Å²) in [5.41, 5.74) is 0.574. The van der Waals surface area contributed by atoms with Crippen LogP contribution in [0.5, 0.6) is 0 Å². The topological polar surface area (TPSA) is 110 Å². The van der Waals surface area contributed by atoms with Gasteiger partial charge < -0.3 is 33.5 Å². The summed E-state index contributed by atoms with van der Waals surface area (Å²) >= 11 is 0. The average Bonchev–Trinajstić information content (AvgIpc) is 3.30. The second kappa shape index (κ2) is 45.4. The normalized spacial score (nSPS) is 13.4. The van der Waals surface area contributed by atoms with Crippen LogP contribution in [-0.4, -0.2) is 68.3 Å². The molecule has 1 N–H and O–H groups in total. The Morgan fingerprint density at radius 2 is 0.923 bits per heavy atom. The van der Waals surface area contributed by atoms with Crippen LogP contribution in [0.2, 0.25) is 0 Å². The number of ether oxygens (including phenoxy) is 6. The molecule has 0 spiro atoms. The van der Waals surface area contributed by atoms with Gasteiger partial charge in [-0.3, -0.25) is 0 Å². The minimum atomic E-state index is -1.13. The molecule has 0 fully saturated rings. The van der Waals surface area contributed by atoms with Crippen molar-refractivity contribution in [2.24, 2.45) is 0 Å². The van der Waals surface area contributed by atoms with E-state index in [-0.39, 0.29) is 12.2 Å². The summed E-state index contributed by atoms with van der Waals surface area (Å²) in [6.45, 7) is 12.1. The molecular formula is C56H102O9. The summed E-state index contributed by atoms with van der Waals surface area (Å²) in [6.07, 6.45) is 36.7. The highest BCUT2D eigenvalue weighted by Crippen LogP contribution is 2.33. The van der Waals surface area contributed by atoms with Gasteiger partial charge in [-0.1, -0.05) is 193 Å². The van der Waals surface area contributed by atoms with E-state index in [4.69, 9.17) is 28.4 Å². The van der Waals surface area contributed by atoms with Gasteiger partial charge in [-0.2, -0.15) is 0 Å². The third-order valence-electron chi connectivity index (χ3n) is 12.8. The van der Waals surface area contributed by atoms with E-state index < -0.39 is 17.9 Å². The average molecular weight is 919 g/mol. The molecule has 9 heteroatoms. The van der Waals surface area contributed by atoms with Crippen LogP contribution >= 0.6 is 0 Å². The van der Waals surface area contributed by atoms with Gasteiger partial charge in [0, 0.05) is 13.2 Å². The van der Waals surface area contributed by atoms with Crippen LogP contribution in [0.25, 0.3) is 0 Å². The Hall–Kier alpha value is -2.36. The van der Waals surface area contributed by atoms with E-state index in [0.717, 1.165) is 134 Å². The molecule has 0 saturated heterocycles. The number of rotatable bonds is 49. The Morgan fingerprint density at radius 3 is 1.46 bits per heavy atom. The number of hydrogen-bond donors (Lipinski definition) is 1. The summed E-state index contributed by atoms with van der Waals surface area (Å²) in [5.74, 6) is 0. The Labute approximate surface area is 399 Å². The van der Waals surface area contributed by atoms with Gasteiger partial charge in [0.2, 0.25) is 0 Å². The summed E-state index contributed by atoms with van der Waals surface area (Å²) in [7, 11) is 0. The van der Waals surface area contributed by atoms with E-state index in [1.54, 1.807) is 0 Å². The van der Waals surface area contributed by atoms with E-state index >= 15 is 0 Å². The van der Waals surface area contributed by atoms with Crippen LogP contribution in [-0.2, 0) is 35.0 Å². The molecule has 0 radical (unpaired) electrons. The van der Waals surface area contributed by atoms with Gasteiger partial charge >= 0.3 is 12.3 Å². The standard InChI is InChI=1S/C56H102O9/c1-5-9-13-17-19-21-31-41-52(40-30-15-11-7-3)64-55(59)63-47-37-26-25-36-46-62-53(50-61-48-51-38-28-27-29-39-51)49-60-45-35-24-23-34-44-56(65-54(57)58,42-32-16-12-8-4)43-33-22-20-18-14-10-6-2/h27-29,38-39,52-53H,5-26,30-37,40-50H2,1-4H3,(H,57,58). The van der Waals surface area contributed by atoms with E-state index in [1.807, 2.05) is 18.2 Å². The maximum atomic E-state index is 12.6. The Kier molecular flexibility index (Phi) is 42.4. The molecule has 1 aromatic carbocycles. The zero-order valence-corrected chi connectivity index (χ0v) is 42.7. The van der Waals surface area contributed by atoms with Gasteiger partial charge in [0.1, 0.15) is 17.8 Å². The fraction of sp³-hybridized carbons (Fsp3) is 0.857. The van der Waals surface area contributed by atoms with Crippen LogP contribution in [0.1, 0.15) is 258 Å². The second-order valence-corrected chi connectivity index (χ2v) is 19.0. The van der Waals surface area contributed by atoms with Gasteiger partial charge in [0.15, 0.2) is 0 Å². The number of hydrogen-bond acceptors (Lipinski definition) is 8. The lowest BCUT2D eigenvalue weighted by atomic mass is 9.84. The van der Waals surface area contributed by atoms with Gasteiger partial charge in [-0.15, -0.1) is 0 Å². The highest BCUT2D eigenvalue weighted by atomic mass is 16.7. The van der Waals surface area contributed by atoms with E-state index in [1.165, 1.54) is 96.3 Å². The Morgan fingerprint density at radius 1 is 0.492 bits per heavy atom. The molecule has 0 aliphatic heterocycles. The molecule has 380 valence electrons. The number of carboxylic acid groups (broad SMARTS) is 1. The lowest BCUT2D eigenvalue weighted by Crippen LogP contribution is -2.35. The van der Waals surface area contributed by atoms with Crippen LogP contribution in [0.3, 0.4) is 0 Å². The highest BCUT2D eigenvalue weighted by Gasteiger charge is 2.33. The van der Waals surface area contributed by atoms with Gasteiger partial charge in [-0.25, -0.2) is 9.59 Å². The number of carbonyl (C=O) groups is 2. The van der Waals surface area contributed by atoms with Crippen molar-refractivity contribution in [2.75, 3.05) is 33.0 Å².